The predicted molar refractivity (Wildman–Crippen MR) is 61.6 cm³/mol. The second-order valence-electron chi connectivity index (χ2n) is 4.27. The summed E-state index contributed by atoms with van der Waals surface area (Å²) in [7, 11) is 2.17. The molecule has 0 fully saturated rings. The van der Waals surface area contributed by atoms with Crippen molar-refractivity contribution < 1.29 is 10.0 Å². The minimum absolute atomic E-state index is 0.248. The van der Waals surface area contributed by atoms with Gasteiger partial charge in [-0.05, 0) is 17.2 Å². The molecule has 0 saturated heterocycles. The van der Waals surface area contributed by atoms with Crippen LogP contribution in [-0.2, 0) is 0 Å². The maximum absolute atomic E-state index is 9.39. The summed E-state index contributed by atoms with van der Waals surface area (Å²) in [5, 5.41) is 9.39. The zero-order chi connectivity index (χ0) is 10.7. The van der Waals surface area contributed by atoms with E-state index in [1.165, 1.54) is 16.0 Å². The number of nitrogens with one attached hydrogen (secondary N) is 1. The summed E-state index contributed by atoms with van der Waals surface area (Å²) in [6, 6.07) is 10.4. The maximum Gasteiger partial charge on any atom is 0.0962 e. The fraction of sp³-hybridized carbons (Fsp3) is 0.385. The molecule has 1 unspecified atom stereocenters. The first-order chi connectivity index (χ1) is 7.31. The van der Waals surface area contributed by atoms with Crippen LogP contribution < -0.4 is 4.90 Å². The maximum atomic E-state index is 9.39. The van der Waals surface area contributed by atoms with E-state index in [1.54, 1.807) is 0 Å². The lowest BCUT2D eigenvalue weighted by atomic mass is 9.90. The van der Waals surface area contributed by atoms with Crippen molar-refractivity contribution >= 4 is 5.57 Å². The third kappa shape index (κ3) is 2.28. The van der Waals surface area contributed by atoms with Crippen LogP contribution >= 0.6 is 0 Å². The number of hydrogen-bond acceptors (Lipinski definition) is 1. The second-order valence-corrected chi connectivity index (χ2v) is 4.27. The van der Waals surface area contributed by atoms with Crippen LogP contribution in [0.25, 0.3) is 5.57 Å². The van der Waals surface area contributed by atoms with E-state index >= 15 is 0 Å². The van der Waals surface area contributed by atoms with Gasteiger partial charge in [-0.25, -0.2) is 0 Å². The fourth-order valence-electron chi connectivity index (χ4n) is 2.21. The Hall–Kier alpha value is -1.12. The number of rotatable bonds is 2. The first kappa shape index (κ1) is 10.4. The van der Waals surface area contributed by atoms with Gasteiger partial charge in [0.25, 0.3) is 0 Å². The quantitative estimate of drug-likeness (QED) is 0.707. The summed E-state index contributed by atoms with van der Waals surface area (Å²) in [6.45, 7) is 2.33. The molecule has 1 aliphatic heterocycles. The summed E-state index contributed by atoms with van der Waals surface area (Å²) < 4.78 is 0. The summed E-state index contributed by atoms with van der Waals surface area (Å²) in [6.07, 6.45) is 2.26. The van der Waals surface area contributed by atoms with Crippen molar-refractivity contribution in [3.05, 3.63) is 42.0 Å². The molecule has 0 aliphatic carbocycles. The van der Waals surface area contributed by atoms with E-state index < -0.39 is 0 Å². The van der Waals surface area contributed by atoms with E-state index in [0.29, 0.717) is 5.92 Å². The van der Waals surface area contributed by atoms with Crippen molar-refractivity contribution in [2.45, 2.75) is 0 Å². The zero-order valence-corrected chi connectivity index (χ0v) is 9.11. The zero-order valence-electron chi connectivity index (χ0n) is 9.11. The van der Waals surface area contributed by atoms with E-state index in [2.05, 4.69) is 37.4 Å². The van der Waals surface area contributed by atoms with E-state index in [-0.39, 0.29) is 6.61 Å². The van der Waals surface area contributed by atoms with Crippen molar-refractivity contribution in [3.63, 3.8) is 0 Å². The van der Waals surface area contributed by atoms with Crippen molar-refractivity contribution in [2.24, 2.45) is 5.92 Å². The Labute approximate surface area is 90.8 Å². The Kier molecular flexibility index (Phi) is 3.19. The average molecular weight is 204 g/mol. The molecule has 2 nitrogen and oxygen atoms in total. The van der Waals surface area contributed by atoms with Crippen LogP contribution in [0.2, 0.25) is 0 Å². The van der Waals surface area contributed by atoms with Gasteiger partial charge in [0.1, 0.15) is 0 Å². The standard InChI is InChI=1S/C13H17NO/c1-14-8-7-13(12(9-14)10-15)11-5-3-2-4-6-11/h2-7,12,15H,8-10H2,1H3/p+1/t12-/m0/s1. The van der Waals surface area contributed by atoms with Gasteiger partial charge < -0.3 is 10.0 Å². The molecular formula is C13H18NO+. The minimum atomic E-state index is 0.248. The Morgan fingerprint density at radius 1 is 1.33 bits per heavy atom. The van der Waals surface area contributed by atoms with Crippen LogP contribution in [-0.4, -0.2) is 31.9 Å². The van der Waals surface area contributed by atoms with Gasteiger partial charge in [0.2, 0.25) is 0 Å². The molecule has 2 N–H and O–H groups in total. The van der Waals surface area contributed by atoms with E-state index in [0.717, 1.165) is 13.1 Å². The van der Waals surface area contributed by atoms with E-state index in [4.69, 9.17) is 0 Å². The third-order valence-corrected chi connectivity index (χ3v) is 3.03. The normalized spacial score (nSPS) is 26.1. The van der Waals surface area contributed by atoms with Gasteiger partial charge >= 0.3 is 0 Å². The molecule has 1 aromatic carbocycles. The minimum Gasteiger partial charge on any atom is -0.396 e. The third-order valence-electron chi connectivity index (χ3n) is 3.03. The van der Waals surface area contributed by atoms with Gasteiger partial charge in [-0.3, -0.25) is 0 Å². The highest BCUT2D eigenvalue weighted by molar-refractivity contribution is 5.68. The molecule has 2 heteroatoms. The molecule has 0 spiro atoms. The monoisotopic (exact) mass is 204 g/mol. The lowest BCUT2D eigenvalue weighted by Gasteiger charge is -2.27. The smallest absolute Gasteiger partial charge is 0.0962 e. The molecule has 0 amide bonds. The van der Waals surface area contributed by atoms with Gasteiger partial charge in [0.05, 0.1) is 32.7 Å². The van der Waals surface area contributed by atoms with Crippen LogP contribution in [0.3, 0.4) is 0 Å². The number of hydrogen-bond donors (Lipinski definition) is 2. The van der Waals surface area contributed by atoms with Crippen LogP contribution in [0, 0.1) is 5.92 Å². The summed E-state index contributed by atoms with van der Waals surface area (Å²) in [4.78, 5) is 1.47. The summed E-state index contributed by atoms with van der Waals surface area (Å²) >= 11 is 0. The molecule has 0 bridgehead atoms. The topological polar surface area (TPSA) is 24.7 Å². The van der Waals surface area contributed by atoms with Crippen LogP contribution in [0.5, 0.6) is 0 Å². The molecule has 80 valence electrons. The number of benzene rings is 1. The van der Waals surface area contributed by atoms with Crippen molar-refractivity contribution in [3.8, 4) is 0 Å². The van der Waals surface area contributed by atoms with Gasteiger partial charge in [0.15, 0.2) is 0 Å². The van der Waals surface area contributed by atoms with Gasteiger partial charge in [-0.15, -0.1) is 0 Å². The molecule has 0 radical (unpaired) electrons. The first-order valence-corrected chi connectivity index (χ1v) is 5.49. The lowest BCUT2D eigenvalue weighted by Crippen LogP contribution is -3.10. The molecule has 0 saturated carbocycles. The van der Waals surface area contributed by atoms with Crippen molar-refractivity contribution in [1.29, 1.82) is 0 Å². The number of quaternary nitrogens is 1. The highest BCUT2D eigenvalue weighted by Gasteiger charge is 2.23. The molecule has 2 atom stereocenters. The molecule has 1 heterocycles. The van der Waals surface area contributed by atoms with Crippen LogP contribution in [0.15, 0.2) is 36.4 Å². The number of aliphatic hydroxyl groups excluding tert-OH is 1. The second kappa shape index (κ2) is 4.60. The van der Waals surface area contributed by atoms with Crippen molar-refractivity contribution in [2.75, 3.05) is 26.7 Å². The van der Waals surface area contributed by atoms with Crippen LogP contribution in [0.4, 0.5) is 0 Å². The highest BCUT2D eigenvalue weighted by atomic mass is 16.3. The van der Waals surface area contributed by atoms with Crippen LogP contribution in [0.1, 0.15) is 5.56 Å². The molecule has 15 heavy (non-hydrogen) atoms. The molecular weight excluding hydrogens is 186 g/mol. The summed E-state index contributed by atoms with van der Waals surface area (Å²) in [5.74, 6) is 0.293. The Morgan fingerprint density at radius 2 is 2.07 bits per heavy atom. The largest absolute Gasteiger partial charge is 0.396 e. The number of likely N-dealkylation sites (N-methyl/N-ethyl adjacent to an activating group) is 1. The van der Waals surface area contributed by atoms with Gasteiger partial charge in [-0.2, -0.15) is 0 Å². The van der Waals surface area contributed by atoms with E-state index in [9.17, 15) is 5.11 Å². The SMILES string of the molecule is C[NH+]1CC=C(c2ccccc2)[C@H](CO)C1. The molecule has 1 aromatic rings. The fourth-order valence-corrected chi connectivity index (χ4v) is 2.21. The van der Waals surface area contributed by atoms with Crippen molar-refractivity contribution in [1.82, 2.24) is 0 Å². The van der Waals surface area contributed by atoms with Gasteiger partial charge in [-0.1, -0.05) is 30.3 Å². The Morgan fingerprint density at radius 3 is 2.73 bits per heavy atom. The van der Waals surface area contributed by atoms with Gasteiger partial charge in [0, 0.05) is 0 Å². The first-order valence-electron chi connectivity index (χ1n) is 5.49. The average Bonchev–Trinajstić information content (AvgIpc) is 2.30. The number of aliphatic hydroxyl groups is 1. The summed E-state index contributed by atoms with van der Waals surface area (Å²) in [5.41, 5.74) is 2.56. The lowest BCUT2D eigenvalue weighted by molar-refractivity contribution is -0.877. The molecule has 0 aromatic heterocycles. The van der Waals surface area contributed by atoms with E-state index in [1.807, 2.05) is 6.07 Å². The highest BCUT2D eigenvalue weighted by Crippen LogP contribution is 2.23. The Balaban J connectivity index is 2.27. The predicted octanol–water partition coefficient (Wildman–Crippen LogP) is 0.207. The Bertz CT molecular complexity index is 345. The molecule has 1 aliphatic rings. The molecule has 2 rings (SSSR count).